The van der Waals surface area contributed by atoms with Crippen LogP contribution < -0.4 is 5.32 Å². The molecule has 160 valence electrons. The lowest BCUT2D eigenvalue weighted by molar-refractivity contribution is -0.137. The van der Waals surface area contributed by atoms with Gasteiger partial charge in [-0.1, -0.05) is 53.5 Å². The number of nitrogens with zero attached hydrogens (tertiary/aromatic N) is 1. The molecular weight excluding hydrogens is 436 g/mol. The van der Waals surface area contributed by atoms with E-state index in [1.165, 1.54) is 0 Å². The highest BCUT2D eigenvalue weighted by atomic mass is 35.5. The Hall–Kier alpha value is -1.76. The van der Waals surface area contributed by atoms with Gasteiger partial charge in [0.15, 0.2) is 0 Å². The predicted octanol–water partition coefficient (Wildman–Crippen LogP) is 5.83. The van der Waals surface area contributed by atoms with Gasteiger partial charge in [0, 0.05) is 6.54 Å². The smallest absolute Gasteiger partial charge is 0.345 e. The van der Waals surface area contributed by atoms with E-state index < -0.39 is 22.7 Å². The molecule has 30 heavy (non-hydrogen) atoms. The lowest BCUT2D eigenvalue weighted by atomic mass is 9.73. The molecule has 0 spiro atoms. The molecule has 5 rings (SSSR count). The van der Waals surface area contributed by atoms with Crippen LogP contribution in [-0.2, 0) is 6.18 Å². The van der Waals surface area contributed by atoms with E-state index in [2.05, 4.69) is 10.2 Å². The summed E-state index contributed by atoms with van der Waals surface area (Å²) in [5.41, 5.74) is -0.489. The van der Waals surface area contributed by atoms with Crippen LogP contribution in [0.3, 0.4) is 0 Å². The summed E-state index contributed by atoms with van der Waals surface area (Å²) in [7, 11) is 0. The first kappa shape index (κ1) is 21.5. The fourth-order valence-electron chi connectivity index (χ4n) is 4.68. The van der Waals surface area contributed by atoms with Crippen molar-refractivity contribution in [2.75, 3.05) is 19.6 Å². The molecule has 2 atom stereocenters. The third-order valence-corrected chi connectivity index (χ3v) is 6.91. The minimum Gasteiger partial charge on any atom is -0.345 e. The molecule has 1 amide bonds. The minimum atomic E-state index is -4.68. The van der Waals surface area contributed by atoms with Crippen LogP contribution in [0.1, 0.15) is 40.4 Å². The number of hydrogen-bond donors (Lipinski definition) is 1. The maximum atomic E-state index is 13.3. The second-order valence-corrected chi connectivity index (χ2v) is 8.73. The van der Waals surface area contributed by atoms with Crippen LogP contribution in [0, 0.1) is 11.8 Å². The summed E-state index contributed by atoms with van der Waals surface area (Å²) in [6, 6.07) is 11.0. The fraction of sp³-hybridized carbons (Fsp3) is 0.409. The molecule has 3 aliphatic heterocycles. The first-order valence-corrected chi connectivity index (χ1v) is 10.6. The quantitative estimate of drug-likeness (QED) is 0.627. The lowest BCUT2D eigenvalue weighted by Crippen LogP contribution is -2.52. The Bertz CT molecular complexity index is 928. The third kappa shape index (κ3) is 4.18. The Kier molecular flexibility index (Phi) is 6.02. The van der Waals surface area contributed by atoms with E-state index in [9.17, 15) is 18.0 Å². The van der Waals surface area contributed by atoms with Crippen LogP contribution in [0.15, 0.2) is 42.5 Å². The molecule has 3 nitrogen and oxygen atoms in total. The number of benzene rings is 2. The summed E-state index contributed by atoms with van der Waals surface area (Å²) in [4.78, 5) is 15.5. The van der Waals surface area contributed by atoms with Gasteiger partial charge in [0.25, 0.3) is 5.91 Å². The molecular formula is C22H21Cl2F3N2O. The van der Waals surface area contributed by atoms with E-state index in [0.29, 0.717) is 5.92 Å². The molecule has 2 aromatic carbocycles. The molecule has 0 radical (unpaired) electrons. The fourth-order valence-corrected chi connectivity index (χ4v) is 5.33. The molecule has 3 saturated heterocycles. The van der Waals surface area contributed by atoms with Crippen LogP contribution in [0.5, 0.6) is 0 Å². The Balaban J connectivity index is 1.68. The second-order valence-electron chi connectivity index (χ2n) is 7.95. The Morgan fingerprint density at radius 2 is 1.73 bits per heavy atom. The van der Waals surface area contributed by atoms with Crippen molar-refractivity contribution in [2.45, 2.75) is 25.1 Å². The molecule has 3 fully saturated rings. The topological polar surface area (TPSA) is 32.3 Å². The van der Waals surface area contributed by atoms with Gasteiger partial charge in [-0.2, -0.15) is 13.2 Å². The van der Waals surface area contributed by atoms with Crippen LogP contribution in [0.25, 0.3) is 0 Å². The molecule has 2 aromatic rings. The van der Waals surface area contributed by atoms with E-state index in [0.717, 1.165) is 50.2 Å². The van der Waals surface area contributed by atoms with Crippen molar-refractivity contribution < 1.29 is 18.0 Å². The summed E-state index contributed by atoms with van der Waals surface area (Å²) in [6.07, 6.45) is -2.57. The highest BCUT2D eigenvalue weighted by Crippen LogP contribution is 2.41. The van der Waals surface area contributed by atoms with Crippen molar-refractivity contribution >= 4 is 29.1 Å². The standard InChI is InChI=1S/C22H21Cl2F3N2O/c23-17-7-6-16(22(25,26)27)19(24)18(17)21(30)28-20(14-4-2-1-3-5-14)15-12-29-10-8-13(15)9-11-29/h1-7,13,15,20H,8-12H2,(H,28,30)/t15-,20-/m1/s1. The van der Waals surface area contributed by atoms with Gasteiger partial charge in [0.1, 0.15) is 0 Å². The van der Waals surface area contributed by atoms with Crippen molar-refractivity contribution in [1.29, 1.82) is 0 Å². The molecule has 0 saturated carbocycles. The predicted molar refractivity (Wildman–Crippen MR) is 111 cm³/mol. The average Bonchev–Trinajstić information content (AvgIpc) is 2.72. The average molecular weight is 457 g/mol. The van der Waals surface area contributed by atoms with Gasteiger partial charge in [-0.15, -0.1) is 0 Å². The summed E-state index contributed by atoms with van der Waals surface area (Å²) < 4.78 is 39.8. The second kappa shape index (κ2) is 8.40. The summed E-state index contributed by atoms with van der Waals surface area (Å²) in [6.45, 7) is 2.93. The zero-order valence-corrected chi connectivity index (χ0v) is 17.6. The highest BCUT2D eigenvalue weighted by molar-refractivity contribution is 6.40. The van der Waals surface area contributed by atoms with E-state index in [1.54, 1.807) is 0 Å². The molecule has 2 bridgehead atoms. The molecule has 0 unspecified atom stereocenters. The van der Waals surface area contributed by atoms with Crippen LogP contribution in [0.2, 0.25) is 10.0 Å². The van der Waals surface area contributed by atoms with Gasteiger partial charge in [0.05, 0.1) is 27.2 Å². The maximum Gasteiger partial charge on any atom is 0.417 e. The number of nitrogens with one attached hydrogen (secondary N) is 1. The number of carbonyl (C=O) groups is 1. The first-order chi connectivity index (χ1) is 14.3. The van der Waals surface area contributed by atoms with Crippen LogP contribution in [-0.4, -0.2) is 30.4 Å². The first-order valence-electron chi connectivity index (χ1n) is 9.89. The Morgan fingerprint density at radius 3 is 2.30 bits per heavy atom. The summed E-state index contributed by atoms with van der Waals surface area (Å²) in [5.74, 6) is -0.0726. The monoisotopic (exact) mass is 456 g/mol. The molecule has 1 N–H and O–H groups in total. The van der Waals surface area contributed by atoms with Crippen molar-refractivity contribution in [3.8, 4) is 0 Å². The number of amides is 1. The minimum absolute atomic E-state index is 0.105. The number of rotatable bonds is 4. The molecule has 8 heteroatoms. The largest absolute Gasteiger partial charge is 0.417 e. The van der Waals surface area contributed by atoms with Crippen molar-refractivity contribution in [3.05, 3.63) is 69.2 Å². The highest BCUT2D eigenvalue weighted by Gasteiger charge is 2.41. The van der Waals surface area contributed by atoms with E-state index in [-0.39, 0.29) is 22.5 Å². The zero-order valence-electron chi connectivity index (χ0n) is 16.1. The van der Waals surface area contributed by atoms with Gasteiger partial charge in [-0.25, -0.2) is 0 Å². The summed E-state index contributed by atoms with van der Waals surface area (Å²) >= 11 is 12.1. The van der Waals surface area contributed by atoms with Crippen LogP contribution >= 0.6 is 23.2 Å². The molecule has 0 aromatic heterocycles. The third-order valence-electron chi connectivity index (χ3n) is 6.20. The Labute approximate surface area is 183 Å². The van der Waals surface area contributed by atoms with Crippen molar-refractivity contribution in [2.24, 2.45) is 11.8 Å². The van der Waals surface area contributed by atoms with E-state index in [1.807, 2.05) is 30.3 Å². The van der Waals surface area contributed by atoms with Gasteiger partial charge in [0.2, 0.25) is 0 Å². The van der Waals surface area contributed by atoms with Crippen molar-refractivity contribution in [3.63, 3.8) is 0 Å². The van der Waals surface area contributed by atoms with Gasteiger partial charge >= 0.3 is 6.18 Å². The van der Waals surface area contributed by atoms with E-state index >= 15 is 0 Å². The molecule has 3 aliphatic rings. The number of halogens is 5. The molecule has 0 aliphatic carbocycles. The van der Waals surface area contributed by atoms with Gasteiger partial charge in [-0.05, 0) is 55.5 Å². The number of hydrogen-bond acceptors (Lipinski definition) is 2. The van der Waals surface area contributed by atoms with Crippen LogP contribution in [0.4, 0.5) is 13.2 Å². The number of alkyl halides is 3. The maximum absolute atomic E-state index is 13.3. The Morgan fingerprint density at radius 1 is 1.07 bits per heavy atom. The van der Waals surface area contributed by atoms with Gasteiger partial charge < -0.3 is 10.2 Å². The van der Waals surface area contributed by atoms with Crippen molar-refractivity contribution in [1.82, 2.24) is 10.2 Å². The van der Waals surface area contributed by atoms with Gasteiger partial charge in [-0.3, -0.25) is 4.79 Å². The number of fused-ring (bicyclic) bond motifs is 3. The lowest BCUT2D eigenvalue weighted by Gasteiger charge is -2.48. The molecule has 3 heterocycles. The van der Waals surface area contributed by atoms with E-state index in [4.69, 9.17) is 23.2 Å². The summed E-state index contributed by atoms with van der Waals surface area (Å²) in [5, 5.41) is 2.18. The zero-order chi connectivity index (χ0) is 21.5. The number of piperidine rings is 3. The SMILES string of the molecule is O=C(N[C@H](c1ccccc1)[C@@H]1CN2CCC1CC2)c1c(Cl)ccc(C(F)(F)F)c1Cl. The normalized spacial score (nSPS) is 24.5. The number of carbonyl (C=O) groups excluding carboxylic acids is 1.